The van der Waals surface area contributed by atoms with Crippen LogP contribution >= 0.6 is 0 Å². The molecular formula is C20H30N2O4. The number of amides is 2. The van der Waals surface area contributed by atoms with Crippen LogP contribution < -0.4 is 10.6 Å². The van der Waals surface area contributed by atoms with Crippen molar-refractivity contribution in [2.24, 2.45) is 5.92 Å². The average molecular weight is 362 g/mol. The zero-order valence-electron chi connectivity index (χ0n) is 16.1. The Morgan fingerprint density at radius 1 is 1.08 bits per heavy atom. The molecule has 144 valence electrons. The molecular weight excluding hydrogens is 332 g/mol. The van der Waals surface area contributed by atoms with Gasteiger partial charge < -0.3 is 15.4 Å². The molecule has 0 spiro atoms. The second kappa shape index (κ2) is 11.3. The highest BCUT2D eigenvalue weighted by atomic mass is 16.5. The third kappa shape index (κ3) is 8.65. The van der Waals surface area contributed by atoms with Gasteiger partial charge in [-0.1, -0.05) is 43.7 Å². The standard InChI is InChI=1S/C20H30N2O4/c1-5-26-20(25)22-17(12-14(2)3)13-21-19(24)11-10-18(23)16-8-6-15(4)7-9-16/h6-9,14,17H,5,10-13H2,1-4H3,(H,21,24)(H,22,25). The monoisotopic (exact) mass is 362 g/mol. The zero-order chi connectivity index (χ0) is 19.5. The number of ether oxygens (including phenoxy) is 1. The molecule has 0 radical (unpaired) electrons. The van der Waals surface area contributed by atoms with Crippen molar-refractivity contribution in [1.29, 1.82) is 0 Å². The lowest BCUT2D eigenvalue weighted by Gasteiger charge is -2.20. The molecule has 0 aromatic heterocycles. The van der Waals surface area contributed by atoms with Gasteiger partial charge in [-0.3, -0.25) is 9.59 Å². The van der Waals surface area contributed by atoms with E-state index in [1.54, 1.807) is 19.1 Å². The van der Waals surface area contributed by atoms with Gasteiger partial charge in [0.2, 0.25) is 5.91 Å². The van der Waals surface area contributed by atoms with E-state index in [-0.39, 0.29) is 30.6 Å². The second-order valence-corrected chi connectivity index (χ2v) is 6.78. The first-order valence-corrected chi connectivity index (χ1v) is 9.11. The fourth-order valence-corrected chi connectivity index (χ4v) is 2.54. The van der Waals surface area contributed by atoms with Gasteiger partial charge in [0, 0.05) is 31.0 Å². The number of alkyl carbamates (subject to hydrolysis) is 1. The van der Waals surface area contributed by atoms with E-state index in [9.17, 15) is 14.4 Å². The summed E-state index contributed by atoms with van der Waals surface area (Å²) in [5.74, 6) is 0.107. The molecule has 0 fully saturated rings. The Hall–Kier alpha value is -2.37. The van der Waals surface area contributed by atoms with Crippen LogP contribution in [0, 0.1) is 12.8 Å². The molecule has 0 saturated carbocycles. The van der Waals surface area contributed by atoms with Crippen LogP contribution in [0.1, 0.15) is 56.0 Å². The molecule has 1 rings (SSSR count). The molecule has 1 unspecified atom stereocenters. The maximum atomic E-state index is 12.1. The number of hydrogen-bond donors (Lipinski definition) is 2. The van der Waals surface area contributed by atoms with E-state index in [0.29, 0.717) is 24.6 Å². The molecule has 0 aliphatic carbocycles. The van der Waals surface area contributed by atoms with E-state index >= 15 is 0 Å². The molecule has 0 aliphatic rings. The van der Waals surface area contributed by atoms with Crippen LogP contribution in [0.3, 0.4) is 0 Å². The van der Waals surface area contributed by atoms with Gasteiger partial charge in [-0.2, -0.15) is 0 Å². The average Bonchev–Trinajstić information content (AvgIpc) is 2.58. The summed E-state index contributed by atoms with van der Waals surface area (Å²) in [6, 6.07) is 7.11. The summed E-state index contributed by atoms with van der Waals surface area (Å²) in [5, 5.41) is 5.55. The summed E-state index contributed by atoms with van der Waals surface area (Å²) < 4.78 is 4.89. The van der Waals surface area contributed by atoms with E-state index in [1.165, 1.54) is 0 Å². The Balaban J connectivity index is 2.42. The number of aryl methyl sites for hydroxylation is 1. The van der Waals surface area contributed by atoms with Crippen LogP contribution in [0.2, 0.25) is 0 Å². The van der Waals surface area contributed by atoms with Crippen molar-refractivity contribution in [3.63, 3.8) is 0 Å². The molecule has 0 saturated heterocycles. The van der Waals surface area contributed by atoms with Gasteiger partial charge in [0.25, 0.3) is 0 Å². The van der Waals surface area contributed by atoms with Gasteiger partial charge in [0.15, 0.2) is 5.78 Å². The van der Waals surface area contributed by atoms with Crippen LogP contribution in [-0.4, -0.2) is 37.0 Å². The van der Waals surface area contributed by atoms with Gasteiger partial charge in [-0.05, 0) is 26.2 Å². The molecule has 1 atom stereocenters. The van der Waals surface area contributed by atoms with Gasteiger partial charge in [-0.15, -0.1) is 0 Å². The minimum Gasteiger partial charge on any atom is -0.450 e. The smallest absolute Gasteiger partial charge is 0.407 e. The minimum absolute atomic E-state index is 0.0523. The molecule has 1 aromatic rings. The maximum absolute atomic E-state index is 12.1. The molecule has 2 N–H and O–H groups in total. The van der Waals surface area contributed by atoms with E-state index in [2.05, 4.69) is 10.6 Å². The first kappa shape index (κ1) is 21.7. The van der Waals surface area contributed by atoms with Crippen LogP contribution in [0.15, 0.2) is 24.3 Å². The van der Waals surface area contributed by atoms with Crippen LogP contribution in [0.4, 0.5) is 4.79 Å². The fourth-order valence-electron chi connectivity index (χ4n) is 2.54. The molecule has 6 heteroatoms. The number of nitrogens with one attached hydrogen (secondary N) is 2. The van der Waals surface area contributed by atoms with E-state index in [4.69, 9.17) is 4.74 Å². The highest BCUT2D eigenvalue weighted by molar-refractivity contribution is 5.97. The fraction of sp³-hybridized carbons (Fsp3) is 0.550. The summed E-state index contributed by atoms with van der Waals surface area (Å²) in [4.78, 5) is 35.7. The Morgan fingerprint density at radius 3 is 2.31 bits per heavy atom. The Labute approximate surface area is 155 Å². The normalized spacial score (nSPS) is 11.7. The molecule has 1 aromatic carbocycles. The van der Waals surface area contributed by atoms with Gasteiger partial charge >= 0.3 is 6.09 Å². The SMILES string of the molecule is CCOC(=O)NC(CNC(=O)CCC(=O)c1ccc(C)cc1)CC(C)C. The molecule has 26 heavy (non-hydrogen) atoms. The number of benzene rings is 1. The first-order chi connectivity index (χ1) is 12.3. The lowest BCUT2D eigenvalue weighted by molar-refractivity contribution is -0.121. The van der Waals surface area contributed by atoms with E-state index in [1.807, 2.05) is 32.9 Å². The van der Waals surface area contributed by atoms with Crippen molar-refractivity contribution in [2.75, 3.05) is 13.2 Å². The number of rotatable bonds is 10. The summed E-state index contributed by atoms with van der Waals surface area (Å²) in [7, 11) is 0. The topological polar surface area (TPSA) is 84.5 Å². The molecule has 0 bridgehead atoms. The highest BCUT2D eigenvalue weighted by Crippen LogP contribution is 2.08. The van der Waals surface area contributed by atoms with Gasteiger partial charge in [-0.25, -0.2) is 4.79 Å². The summed E-state index contributed by atoms with van der Waals surface area (Å²) >= 11 is 0. The lowest BCUT2D eigenvalue weighted by atomic mass is 10.0. The highest BCUT2D eigenvalue weighted by Gasteiger charge is 2.16. The second-order valence-electron chi connectivity index (χ2n) is 6.78. The first-order valence-electron chi connectivity index (χ1n) is 9.11. The van der Waals surface area contributed by atoms with Crippen molar-refractivity contribution in [1.82, 2.24) is 10.6 Å². The number of carbonyl (C=O) groups is 3. The van der Waals surface area contributed by atoms with Crippen LogP contribution in [-0.2, 0) is 9.53 Å². The lowest BCUT2D eigenvalue weighted by Crippen LogP contribution is -2.44. The molecule has 0 heterocycles. The van der Waals surface area contributed by atoms with Crippen molar-refractivity contribution in [2.45, 2.75) is 53.0 Å². The molecule has 2 amide bonds. The van der Waals surface area contributed by atoms with Crippen molar-refractivity contribution < 1.29 is 19.1 Å². The van der Waals surface area contributed by atoms with Crippen molar-refractivity contribution >= 4 is 17.8 Å². The minimum atomic E-state index is -0.484. The number of hydrogen-bond acceptors (Lipinski definition) is 4. The van der Waals surface area contributed by atoms with E-state index in [0.717, 1.165) is 12.0 Å². The largest absolute Gasteiger partial charge is 0.450 e. The van der Waals surface area contributed by atoms with Gasteiger partial charge in [0.1, 0.15) is 0 Å². The molecule has 6 nitrogen and oxygen atoms in total. The quantitative estimate of drug-likeness (QED) is 0.626. The Bertz CT molecular complexity index is 596. The third-order valence-electron chi connectivity index (χ3n) is 3.85. The number of carbonyl (C=O) groups excluding carboxylic acids is 3. The summed E-state index contributed by atoms with van der Waals surface area (Å²) in [6.07, 6.45) is 0.527. The Kier molecular flexibility index (Phi) is 9.41. The van der Waals surface area contributed by atoms with Crippen LogP contribution in [0.25, 0.3) is 0 Å². The summed E-state index contributed by atoms with van der Waals surface area (Å²) in [6.45, 7) is 8.40. The summed E-state index contributed by atoms with van der Waals surface area (Å²) in [5.41, 5.74) is 1.70. The van der Waals surface area contributed by atoms with Crippen molar-refractivity contribution in [3.8, 4) is 0 Å². The zero-order valence-corrected chi connectivity index (χ0v) is 16.1. The third-order valence-corrected chi connectivity index (χ3v) is 3.85. The van der Waals surface area contributed by atoms with Gasteiger partial charge in [0.05, 0.1) is 6.61 Å². The van der Waals surface area contributed by atoms with Crippen molar-refractivity contribution in [3.05, 3.63) is 35.4 Å². The van der Waals surface area contributed by atoms with E-state index < -0.39 is 6.09 Å². The Morgan fingerprint density at radius 2 is 1.73 bits per heavy atom. The predicted octanol–water partition coefficient (Wildman–Crippen LogP) is 3.23. The number of ketones is 1. The predicted molar refractivity (Wildman–Crippen MR) is 101 cm³/mol. The molecule has 0 aliphatic heterocycles. The maximum Gasteiger partial charge on any atom is 0.407 e. The number of Topliss-reactive ketones (excluding diaryl/α,β-unsaturated/α-hetero) is 1. The van der Waals surface area contributed by atoms with Crippen LogP contribution in [0.5, 0.6) is 0 Å².